The van der Waals surface area contributed by atoms with Gasteiger partial charge in [0.05, 0.1) is 0 Å². The van der Waals surface area contributed by atoms with Gasteiger partial charge in [0.1, 0.15) is 15.6 Å². The van der Waals surface area contributed by atoms with E-state index >= 15 is 0 Å². The van der Waals surface area contributed by atoms with E-state index in [2.05, 4.69) is 9.71 Å². The number of nitrogens with two attached hydrogens (primary N) is 1. The van der Waals surface area contributed by atoms with Crippen molar-refractivity contribution in [3.05, 3.63) is 24.0 Å². The first kappa shape index (κ1) is 14.9. The predicted molar refractivity (Wildman–Crippen MR) is 84.3 cm³/mol. The minimum Gasteiger partial charge on any atom is -0.388 e. The Balaban J connectivity index is 1.76. The standard InChI is InChI=1S/C14H19N3O2S2/c15-14(20)13-12(2-1-7-16-13)21(18,19)17-8-11(9-3-4-9)10-5-6-10/h1-2,7,9-11,17H,3-6,8H2,(H2,15,20). The van der Waals surface area contributed by atoms with Crippen molar-refractivity contribution in [2.24, 2.45) is 23.5 Å². The van der Waals surface area contributed by atoms with Gasteiger partial charge in [0.25, 0.3) is 0 Å². The Labute approximate surface area is 130 Å². The molecule has 0 atom stereocenters. The second-order valence-corrected chi connectivity index (χ2v) is 8.08. The fraction of sp³-hybridized carbons (Fsp3) is 0.571. The van der Waals surface area contributed by atoms with E-state index < -0.39 is 10.0 Å². The zero-order valence-corrected chi connectivity index (χ0v) is 13.3. The number of hydrogen-bond acceptors (Lipinski definition) is 4. The summed E-state index contributed by atoms with van der Waals surface area (Å²) in [5.74, 6) is 1.87. The highest BCUT2D eigenvalue weighted by Gasteiger charge is 2.41. The number of aromatic nitrogens is 1. The lowest BCUT2D eigenvalue weighted by molar-refractivity contribution is 0.401. The van der Waals surface area contributed by atoms with E-state index in [1.807, 2.05) is 0 Å². The van der Waals surface area contributed by atoms with E-state index in [-0.39, 0.29) is 15.6 Å². The fourth-order valence-electron chi connectivity index (χ4n) is 2.84. The van der Waals surface area contributed by atoms with Gasteiger partial charge in [-0.2, -0.15) is 0 Å². The van der Waals surface area contributed by atoms with Gasteiger partial charge in [-0.3, -0.25) is 4.98 Å². The Morgan fingerprint density at radius 1 is 1.38 bits per heavy atom. The number of rotatable bonds is 7. The van der Waals surface area contributed by atoms with E-state index in [0.29, 0.717) is 24.3 Å². The van der Waals surface area contributed by atoms with Gasteiger partial charge in [-0.05, 0) is 55.6 Å². The molecule has 2 saturated carbocycles. The molecule has 0 saturated heterocycles. The van der Waals surface area contributed by atoms with Crippen molar-refractivity contribution >= 4 is 27.2 Å². The Hall–Kier alpha value is -1.05. The Morgan fingerprint density at radius 3 is 2.52 bits per heavy atom. The quantitative estimate of drug-likeness (QED) is 0.741. The number of hydrogen-bond donors (Lipinski definition) is 2. The predicted octanol–water partition coefficient (Wildman–Crippen LogP) is 1.43. The van der Waals surface area contributed by atoms with Crippen LogP contribution in [0.25, 0.3) is 0 Å². The van der Waals surface area contributed by atoms with Crippen molar-refractivity contribution in [3.63, 3.8) is 0 Å². The van der Waals surface area contributed by atoms with E-state index in [4.69, 9.17) is 18.0 Å². The summed E-state index contributed by atoms with van der Waals surface area (Å²) in [7, 11) is -3.62. The molecule has 7 heteroatoms. The maximum Gasteiger partial charge on any atom is 0.242 e. The number of nitrogens with zero attached hydrogens (tertiary/aromatic N) is 1. The molecular weight excluding hydrogens is 306 g/mol. The summed E-state index contributed by atoms with van der Waals surface area (Å²) in [6.07, 6.45) is 6.41. The molecule has 0 radical (unpaired) electrons. The van der Waals surface area contributed by atoms with Crippen LogP contribution in [-0.4, -0.2) is 24.9 Å². The van der Waals surface area contributed by atoms with Crippen LogP contribution in [-0.2, 0) is 10.0 Å². The van der Waals surface area contributed by atoms with E-state index in [1.54, 1.807) is 6.07 Å². The molecule has 21 heavy (non-hydrogen) atoms. The van der Waals surface area contributed by atoms with Gasteiger partial charge in [0.2, 0.25) is 10.0 Å². The largest absolute Gasteiger partial charge is 0.388 e. The smallest absolute Gasteiger partial charge is 0.242 e. The van der Waals surface area contributed by atoms with Crippen LogP contribution in [0.4, 0.5) is 0 Å². The van der Waals surface area contributed by atoms with Crippen molar-refractivity contribution in [2.75, 3.05) is 6.54 Å². The molecule has 3 N–H and O–H groups in total. The molecule has 1 aromatic heterocycles. The first-order chi connectivity index (χ1) is 9.99. The molecule has 0 amide bonds. The Morgan fingerprint density at radius 2 is 2.00 bits per heavy atom. The number of nitrogens with one attached hydrogen (secondary N) is 1. The van der Waals surface area contributed by atoms with Crippen LogP contribution < -0.4 is 10.5 Å². The maximum atomic E-state index is 12.5. The van der Waals surface area contributed by atoms with Gasteiger partial charge < -0.3 is 5.73 Å². The average molecular weight is 325 g/mol. The molecule has 2 aliphatic rings. The Bertz CT molecular complexity index is 640. The van der Waals surface area contributed by atoms with Crippen LogP contribution in [0.15, 0.2) is 23.2 Å². The molecule has 5 nitrogen and oxygen atoms in total. The molecule has 2 fully saturated rings. The third-order valence-corrected chi connectivity index (χ3v) is 5.91. The first-order valence-corrected chi connectivity index (χ1v) is 9.12. The summed E-state index contributed by atoms with van der Waals surface area (Å²) in [4.78, 5) is 4.05. The second kappa shape index (κ2) is 5.62. The lowest BCUT2D eigenvalue weighted by Crippen LogP contribution is -2.32. The fourth-order valence-corrected chi connectivity index (χ4v) is 4.31. The maximum absolute atomic E-state index is 12.5. The summed E-state index contributed by atoms with van der Waals surface area (Å²) in [6, 6.07) is 3.07. The summed E-state index contributed by atoms with van der Waals surface area (Å²) >= 11 is 4.88. The molecule has 3 rings (SSSR count). The zero-order valence-electron chi connectivity index (χ0n) is 11.7. The molecular formula is C14H19N3O2S2. The van der Waals surface area contributed by atoms with Gasteiger partial charge >= 0.3 is 0 Å². The van der Waals surface area contributed by atoms with Crippen LogP contribution in [0.3, 0.4) is 0 Å². The molecule has 114 valence electrons. The van der Waals surface area contributed by atoms with Gasteiger partial charge in [-0.15, -0.1) is 0 Å². The van der Waals surface area contributed by atoms with Gasteiger partial charge in [0, 0.05) is 12.7 Å². The molecule has 0 aromatic carbocycles. The number of thiocarbonyl (C=S) groups is 1. The summed E-state index contributed by atoms with van der Waals surface area (Å²) in [5.41, 5.74) is 5.72. The van der Waals surface area contributed by atoms with Gasteiger partial charge in [0.15, 0.2) is 0 Å². The lowest BCUT2D eigenvalue weighted by Gasteiger charge is -2.17. The van der Waals surface area contributed by atoms with Crippen molar-refractivity contribution in [2.45, 2.75) is 30.6 Å². The minimum absolute atomic E-state index is 0.00286. The van der Waals surface area contributed by atoms with E-state index in [0.717, 1.165) is 0 Å². The molecule has 0 unspecified atom stereocenters. The molecule has 0 bridgehead atoms. The van der Waals surface area contributed by atoms with Crippen molar-refractivity contribution in [3.8, 4) is 0 Å². The van der Waals surface area contributed by atoms with Crippen LogP contribution in [0, 0.1) is 17.8 Å². The highest BCUT2D eigenvalue weighted by atomic mass is 32.2. The van der Waals surface area contributed by atoms with Crippen molar-refractivity contribution in [1.29, 1.82) is 0 Å². The SMILES string of the molecule is NC(=S)c1ncccc1S(=O)(=O)NCC(C1CC1)C1CC1. The number of sulfonamides is 1. The van der Waals surface area contributed by atoms with Crippen LogP contribution in [0.5, 0.6) is 0 Å². The normalized spacial score (nSPS) is 18.9. The molecule has 0 aliphatic heterocycles. The molecule has 1 heterocycles. The van der Waals surface area contributed by atoms with Crippen molar-refractivity contribution < 1.29 is 8.42 Å². The molecule has 2 aliphatic carbocycles. The summed E-state index contributed by atoms with van der Waals surface area (Å²) in [6.45, 7) is 0.503. The van der Waals surface area contributed by atoms with E-state index in [9.17, 15) is 8.42 Å². The highest BCUT2D eigenvalue weighted by molar-refractivity contribution is 7.89. The first-order valence-electron chi connectivity index (χ1n) is 7.23. The minimum atomic E-state index is -3.62. The Kier molecular flexibility index (Phi) is 3.98. The lowest BCUT2D eigenvalue weighted by atomic mass is 9.99. The van der Waals surface area contributed by atoms with Gasteiger partial charge in [-0.1, -0.05) is 12.2 Å². The van der Waals surface area contributed by atoms with Crippen LogP contribution in [0.2, 0.25) is 0 Å². The third-order valence-electron chi connectivity index (χ3n) is 4.26. The topological polar surface area (TPSA) is 85.1 Å². The summed E-state index contributed by atoms with van der Waals surface area (Å²) < 4.78 is 27.7. The average Bonchev–Trinajstić information content (AvgIpc) is 3.32. The van der Waals surface area contributed by atoms with E-state index in [1.165, 1.54) is 37.9 Å². The van der Waals surface area contributed by atoms with Crippen LogP contribution in [0.1, 0.15) is 31.4 Å². The third kappa shape index (κ3) is 3.41. The molecule has 0 spiro atoms. The monoisotopic (exact) mass is 325 g/mol. The van der Waals surface area contributed by atoms with Gasteiger partial charge in [-0.25, -0.2) is 13.1 Å². The summed E-state index contributed by atoms with van der Waals surface area (Å²) in [5, 5.41) is 0. The zero-order chi connectivity index (χ0) is 15.0. The molecule has 1 aromatic rings. The van der Waals surface area contributed by atoms with Crippen LogP contribution >= 0.6 is 12.2 Å². The highest BCUT2D eigenvalue weighted by Crippen LogP contribution is 2.48. The van der Waals surface area contributed by atoms with Crippen molar-refractivity contribution in [1.82, 2.24) is 9.71 Å². The second-order valence-electron chi connectivity index (χ2n) is 5.91. The number of pyridine rings is 1.